The highest BCUT2D eigenvalue weighted by Crippen LogP contribution is 2.21. The lowest BCUT2D eigenvalue weighted by Crippen LogP contribution is -2.05. The maximum Gasteiger partial charge on any atom is 0.337 e. The van der Waals surface area contributed by atoms with Gasteiger partial charge in [0.05, 0.1) is 16.8 Å². The monoisotopic (exact) mass is 265 g/mol. The molecule has 0 aliphatic carbocycles. The van der Waals surface area contributed by atoms with Crippen LogP contribution in [-0.2, 0) is 6.42 Å². The minimum atomic E-state index is -1.03. The van der Waals surface area contributed by atoms with E-state index >= 15 is 0 Å². The molecule has 1 heterocycles. The Balaban J connectivity index is 1.94. The largest absolute Gasteiger partial charge is 0.478 e. The summed E-state index contributed by atoms with van der Waals surface area (Å²) in [5.74, 6) is -0.127. The summed E-state index contributed by atoms with van der Waals surface area (Å²) >= 11 is 5.86. The summed E-state index contributed by atoms with van der Waals surface area (Å²) in [5, 5.41) is 12.2. The molecule has 94 valence electrons. The smallest absolute Gasteiger partial charge is 0.337 e. The third-order valence-corrected chi connectivity index (χ3v) is 2.79. The second kappa shape index (κ2) is 5.60. The molecule has 2 aromatic rings. The van der Waals surface area contributed by atoms with Gasteiger partial charge in [0.1, 0.15) is 5.76 Å². The molecule has 2 N–H and O–H groups in total. The molecule has 0 saturated heterocycles. The van der Waals surface area contributed by atoms with E-state index in [9.17, 15) is 4.79 Å². The Morgan fingerprint density at radius 1 is 1.39 bits per heavy atom. The first kappa shape index (κ1) is 12.5. The molecule has 0 unspecified atom stereocenters. The molecular formula is C13H12ClNO3. The van der Waals surface area contributed by atoms with Gasteiger partial charge >= 0.3 is 5.97 Å². The van der Waals surface area contributed by atoms with E-state index in [1.54, 1.807) is 18.4 Å². The van der Waals surface area contributed by atoms with Gasteiger partial charge in [-0.25, -0.2) is 4.79 Å². The first-order valence-corrected chi connectivity index (χ1v) is 5.83. The number of benzene rings is 1. The van der Waals surface area contributed by atoms with Crippen molar-refractivity contribution in [3.05, 3.63) is 52.9 Å². The van der Waals surface area contributed by atoms with Crippen molar-refractivity contribution in [2.75, 3.05) is 11.9 Å². The van der Waals surface area contributed by atoms with Gasteiger partial charge in [-0.15, -0.1) is 0 Å². The van der Waals surface area contributed by atoms with Crippen molar-refractivity contribution in [2.24, 2.45) is 0 Å². The van der Waals surface area contributed by atoms with Crippen molar-refractivity contribution >= 4 is 23.3 Å². The third-order valence-electron chi connectivity index (χ3n) is 2.48. The van der Waals surface area contributed by atoms with E-state index in [0.717, 1.165) is 17.9 Å². The number of carboxylic acids is 1. The van der Waals surface area contributed by atoms with Gasteiger partial charge in [-0.1, -0.05) is 11.6 Å². The van der Waals surface area contributed by atoms with Crippen LogP contribution in [0.4, 0.5) is 5.69 Å². The van der Waals surface area contributed by atoms with Crippen LogP contribution < -0.4 is 5.32 Å². The molecule has 5 heteroatoms. The second-order valence-electron chi connectivity index (χ2n) is 3.76. The van der Waals surface area contributed by atoms with Crippen molar-refractivity contribution < 1.29 is 14.3 Å². The number of hydrogen-bond donors (Lipinski definition) is 2. The number of hydrogen-bond acceptors (Lipinski definition) is 3. The van der Waals surface area contributed by atoms with Crippen LogP contribution in [0.25, 0.3) is 0 Å². The van der Waals surface area contributed by atoms with E-state index in [-0.39, 0.29) is 10.6 Å². The Hall–Kier alpha value is -1.94. The number of halogens is 1. The highest BCUT2D eigenvalue weighted by Gasteiger charge is 2.08. The summed E-state index contributed by atoms with van der Waals surface area (Å²) in [6.07, 6.45) is 2.39. The van der Waals surface area contributed by atoms with Crippen molar-refractivity contribution in [1.29, 1.82) is 0 Å². The van der Waals surface area contributed by atoms with E-state index in [1.165, 1.54) is 6.07 Å². The van der Waals surface area contributed by atoms with Crippen molar-refractivity contribution in [3.8, 4) is 0 Å². The van der Waals surface area contributed by atoms with Gasteiger partial charge in [0, 0.05) is 18.7 Å². The predicted octanol–water partition coefficient (Wildman–Crippen LogP) is 3.29. The molecular weight excluding hydrogens is 254 g/mol. The van der Waals surface area contributed by atoms with Gasteiger partial charge in [0.15, 0.2) is 0 Å². The van der Waals surface area contributed by atoms with Gasteiger partial charge in [-0.3, -0.25) is 0 Å². The average Bonchev–Trinajstić information content (AvgIpc) is 2.81. The number of furan rings is 1. The maximum atomic E-state index is 10.8. The fourth-order valence-electron chi connectivity index (χ4n) is 1.58. The van der Waals surface area contributed by atoms with Crippen LogP contribution in [0.3, 0.4) is 0 Å². The predicted molar refractivity (Wildman–Crippen MR) is 69.3 cm³/mol. The zero-order chi connectivity index (χ0) is 13.0. The van der Waals surface area contributed by atoms with Gasteiger partial charge in [-0.2, -0.15) is 0 Å². The molecule has 0 fully saturated rings. The Bertz CT molecular complexity index is 537. The quantitative estimate of drug-likeness (QED) is 0.871. The van der Waals surface area contributed by atoms with Crippen molar-refractivity contribution in [1.82, 2.24) is 0 Å². The lowest BCUT2D eigenvalue weighted by atomic mass is 10.2. The van der Waals surface area contributed by atoms with E-state index in [4.69, 9.17) is 21.1 Å². The lowest BCUT2D eigenvalue weighted by Gasteiger charge is -2.07. The number of nitrogens with one attached hydrogen (secondary N) is 1. The summed E-state index contributed by atoms with van der Waals surface area (Å²) in [4.78, 5) is 10.8. The van der Waals surface area contributed by atoms with E-state index in [0.29, 0.717) is 6.54 Å². The van der Waals surface area contributed by atoms with E-state index < -0.39 is 5.97 Å². The minimum absolute atomic E-state index is 0.105. The molecule has 0 spiro atoms. The Morgan fingerprint density at radius 2 is 2.22 bits per heavy atom. The molecule has 0 aliphatic rings. The first-order chi connectivity index (χ1) is 8.66. The van der Waals surface area contributed by atoms with Gasteiger partial charge in [0.25, 0.3) is 0 Å². The lowest BCUT2D eigenvalue weighted by molar-refractivity contribution is 0.0697. The summed E-state index contributed by atoms with van der Waals surface area (Å²) in [5.41, 5.74) is 0.893. The number of aromatic carboxylic acids is 1. The van der Waals surface area contributed by atoms with Crippen molar-refractivity contribution in [2.45, 2.75) is 6.42 Å². The van der Waals surface area contributed by atoms with Crippen LogP contribution in [0.15, 0.2) is 41.0 Å². The summed E-state index contributed by atoms with van der Waals surface area (Å²) in [6.45, 7) is 0.691. The minimum Gasteiger partial charge on any atom is -0.478 e. The molecule has 4 nitrogen and oxygen atoms in total. The van der Waals surface area contributed by atoms with E-state index in [2.05, 4.69) is 5.32 Å². The molecule has 0 atom stereocenters. The zero-order valence-corrected chi connectivity index (χ0v) is 10.3. The average molecular weight is 266 g/mol. The van der Waals surface area contributed by atoms with E-state index in [1.807, 2.05) is 12.1 Å². The molecule has 0 radical (unpaired) electrons. The molecule has 0 bridgehead atoms. The topological polar surface area (TPSA) is 62.5 Å². The Labute approximate surface area is 109 Å². The molecule has 0 saturated carbocycles. The summed E-state index contributed by atoms with van der Waals surface area (Å²) < 4.78 is 5.20. The Kier molecular flexibility index (Phi) is 3.89. The standard InChI is InChI=1S/C13H12ClNO3/c14-12-8-9(3-4-11(12)13(16)17)15-6-5-10-2-1-7-18-10/h1-4,7-8,15H,5-6H2,(H,16,17). The second-order valence-corrected chi connectivity index (χ2v) is 4.16. The maximum absolute atomic E-state index is 10.8. The van der Waals surface area contributed by atoms with Gasteiger partial charge in [0.2, 0.25) is 0 Å². The number of anilines is 1. The zero-order valence-electron chi connectivity index (χ0n) is 9.52. The Morgan fingerprint density at radius 3 is 2.83 bits per heavy atom. The van der Waals surface area contributed by atoms with Crippen LogP contribution in [-0.4, -0.2) is 17.6 Å². The SMILES string of the molecule is O=C(O)c1ccc(NCCc2ccco2)cc1Cl. The highest BCUT2D eigenvalue weighted by atomic mass is 35.5. The molecule has 0 amide bonds. The van der Waals surface area contributed by atoms with Crippen molar-refractivity contribution in [3.63, 3.8) is 0 Å². The molecule has 0 aliphatic heterocycles. The number of carbonyl (C=O) groups is 1. The third kappa shape index (κ3) is 3.05. The summed E-state index contributed by atoms with van der Waals surface area (Å²) in [6, 6.07) is 8.53. The summed E-state index contributed by atoms with van der Waals surface area (Å²) in [7, 11) is 0. The highest BCUT2D eigenvalue weighted by molar-refractivity contribution is 6.33. The fourth-order valence-corrected chi connectivity index (χ4v) is 1.84. The van der Waals surface area contributed by atoms with Crippen LogP contribution in [0, 0.1) is 0 Å². The number of rotatable bonds is 5. The molecule has 18 heavy (non-hydrogen) atoms. The first-order valence-electron chi connectivity index (χ1n) is 5.46. The molecule has 1 aromatic carbocycles. The molecule has 1 aromatic heterocycles. The van der Waals surface area contributed by atoms with Crippen LogP contribution in [0.1, 0.15) is 16.1 Å². The van der Waals surface area contributed by atoms with Crippen LogP contribution in [0.2, 0.25) is 5.02 Å². The normalized spacial score (nSPS) is 10.3. The van der Waals surface area contributed by atoms with Crippen LogP contribution >= 0.6 is 11.6 Å². The van der Waals surface area contributed by atoms with Gasteiger partial charge in [-0.05, 0) is 30.3 Å². The fraction of sp³-hybridized carbons (Fsp3) is 0.154. The van der Waals surface area contributed by atoms with Crippen LogP contribution in [0.5, 0.6) is 0 Å². The number of carboxylic acid groups (broad SMARTS) is 1. The van der Waals surface area contributed by atoms with Gasteiger partial charge < -0.3 is 14.8 Å². The molecule has 2 rings (SSSR count).